The molecule has 0 saturated heterocycles. The van der Waals surface area contributed by atoms with Crippen LogP contribution in [0, 0.1) is 0 Å². The molecule has 2 aromatic rings. The van der Waals surface area contributed by atoms with Gasteiger partial charge in [-0.05, 0) is 30.4 Å². The summed E-state index contributed by atoms with van der Waals surface area (Å²) < 4.78 is 0. The van der Waals surface area contributed by atoms with Crippen molar-refractivity contribution in [3.8, 4) is 0 Å². The molecule has 0 saturated carbocycles. The van der Waals surface area contributed by atoms with Crippen LogP contribution in [0.4, 0.5) is 4.79 Å². The molecule has 0 fully saturated rings. The molecule has 5 nitrogen and oxygen atoms in total. The first-order chi connectivity index (χ1) is 11.6. The SMILES string of the molecule is CC[C@@H](C)NC(=O)NC(=O)CN[C@@H](c1ccccc1)c1cccs1. The summed E-state index contributed by atoms with van der Waals surface area (Å²) in [5, 5.41) is 10.3. The highest BCUT2D eigenvalue weighted by atomic mass is 32.1. The lowest BCUT2D eigenvalue weighted by Gasteiger charge is -2.18. The van der Waals surface area contributed by atoms with Crippen LogP contribution in [0.15, 0.2) is 47.8 Å². The maximum atomic E-state index is 12.0. The van der Waals surface area contributed by atoms with E-state index in [0.29, 0.717) is 0 Å². The van der Waals surface area contributed by atoms with Crippen molar-refractivity contribution < 1.29 is 9.59 Å². The van der Waals surface area contributed by atoms with Crippen molar-refractivity contribution in [2.45, 2.75) is 32.4 Å². The fourth-order valence-electron chi connectivity index (χ4n) is 2.21. The Balaban J connectivity index is 1.94. The summed E-state index contributed by atoms with van der Waals surface area (Å²) in [6.07, 6.45) is 0.814. The molecule has 2 atom stereocenters. The lowest BCUT2D eigenvalue weighted by Crippen LogP contribution is -2.46. The molecule has 3 amide bonds. The summed E-state index contributed by atoms with van der Waals surface area (Å²) >= 11 is 1.63. The molecule has 0 aliphatic carbocycles. The van der Waals surface area contributed by atoms with Crippen molar-refractivity contribution in [2.75, 3.05) is 6.54 Å². The minimum atomic E-state index is -0.455. The average Bonchev–Trinajstić information content (AvgIpc) is 3.10. The highest BCUT2D eigenvalue weighted by Crippen LogP contribution is 2.25. The fourth-order valence-corrected chi connectivity index (χ4v) is 3.04. The van der Waals surface area contributed by atoms with Gasteiger partial charge in [-0.25, -0.2) is 4.79 Å². The highest BCUT2D eigenvalue weighted by molar-refractivity contribution is 7.10. The Morgan fingerprint density at radius 3 is 2.50 bits per heavy atom. The van der Waals surface area contributed by atoms with Gasteiger partial charge in [0.1, 0.15) is 0 Å². The molecule has 0 spiro atoms. The van der Waals surface area contributed by atoms with Gasteiger partial charge in [0.05, 0.1) is 12.6 Å². The predicted octanol–water partition coefficient (Wildman–Crippen LogP) is 3.05. The average molecular weight is 345 g/mol. The number of rotatable bonds is 7. The number of benzene rings is 1. The van der Waals surface area contributed by atoms with Gasteiger partial charge in [0.2, 0.25) is 5.91 Å². The van der Waals surface area contributed by atoms with Crippen molar-refractivity contribution in [2.24, 2.45) is 0 Å². The van der Waals surface area contributed by atoms with Crippen LogP contribution >= 0.6 is 11.3 Å². The number of carbonyl (C=O) groups is 2. The number of carbonyl (C=O) groups excluding carboxylic acids is 2. The molecule has 128 valence electrons. The van der Waals surface area contributed by atoms with E-state index in [0.717, 1.165) is 16.9 Å². The first-order valence-corrected chi connectivity index (χ1v) is 8.90. The molecule has 0 radical (unpaired) electrons. The molecule has 1 aromatic carbocycles. The lowest BCUT2D eigenvalue weighted by molar-refractivity contribution is -0.119. The molecule has 0 aliphatic heterocycles. The molecule has 3 N–H and O–H groups in total. The normalized spacial score (nSPS) is 13.1. The highest BCUT2D eigenvalue weighted by Gasteiger charge is 2.17. The zero-order valence-corrected chi connectivity index (χ0v) is 14.7. The number of hydrogen-bond donors (Lipinski definition) is 3. The summed E-state index contributed by atoms with van der Waals surface area (Å²) in [7, 11) is 0. The van der Waals surface area contributed by atoms with Gasteiger partial charge in [-0.15, -0.1) is 11.3 Å². The van der Waals surface area contributed by atoms with Crippen LogP contribution in [-0.4, -0.2) is 24.5 Å². The van der Waals surface area contributed by atoms with Crippen LogP contribution in [0.25, 0.3) is 0 Å². The van der Waals surface area contributed by atoms with Gasteiger partial charge < -0.3 is 5.32 Å². The number of urea groups is 1. The summed E-state index contributed by atoms with van der Waals surface area (Å²) in [5.74, 6) is -0.353. The van der Waals surface area contributed by atoms with Gasteiger partial charge in [-0.1, -0.05) is 43.3 Å². The van der Waals surface area contributed by atoms with E-state index < -0.39 is 6.03 Å². The molecule has 0 aliphatic rings. The molecule has 2 rings (SSSR count). The van der Waals surface area contributed by atoms with Crippen LogP contribution in [0.2, 0.25) is 0 Å². The first-order valence-electron chi connectivity index (χ1n) is 8.02. The van der Waals surface area contributed by atoms with E-state index >= 15 is 0 Å². The van der Waals surface area contributed by atoms with E-state index in [9.17, 15) is 9.59 Å². The van der Waals surface area contributed by atoms with Crippen LogP contribution in [-0.2, 0) is 4.79 Å². The van der Waals surface area contributed by atoms with E-state index in [1.165, 1.54) is 0 Å². The topological polar surface area (TPSA) is 70.2 Å². The zero-order chi connectivity index (χ0) is 17.4. The fraction of sp³-hybridized carbons (Fsp3) is 0.333. The van der Waals surface area contributed by atoms with Gasteiger partial charge in [0, 0.05) is 10.9 Å². The summed E-state index contributed by atoms with van der Waals surface area (Å²) in [6, 6.07) is 13.5. The maximum Gasteiger partial charge on any atom is 0.321 e. The third-order valence-corrected chi connectivity index (χ3v) is 4.61. The van der Waals surface area contributed by atoms with Gasteiger partial charge in [-0.3, -0.25) is 15.4 Å². The van der Waals surface area contributed by atoms with Crippen LogP contribution in [0.5, 0.6) is 0 Å². The third kappa shape index (κ3) is 5.47. The largest absolute Gasteiger partial charge is 0.335 e. The smallest absolute Gasteiger partial charge is 0.321 e. The first kappa shape index (κ1) is 18.2. The molecular formula is C18H23N3O2S. The predicted molar refractivity (Wildman–Crippen MR) is 97.0 cm³/mol. The number of imide groups is 1. The molecule has 1 heterocycles. The van der Waals surface area contributed by atoms with Crippen LogP contribution in [0.1, 0.15) is 36.8 Å². The van der Waals surface area contributed by atoms with Crippen molar-refractivity contribution >= 4 is 23.3 Å². The van der Waals surface area contributed by atoms with E-state index in [-0.39, 0.29) is 24.5 Å². The van der Waals surface area contributed by atoms with Gasteiger partial charge in [0.25, 0.3) is 0 Å². The Hall–Kier alpha value is -2.18. The van der Waals surface area contributed by atoms with Crippen LogP contribution < -0.4 is 16.0 Å². The Kier molecular flexibility index (Phi) is 6.96. The maximum absolute atomic E-state index is 12.0. The van der Waals surface area contributed by atoms with Gasteiger partial charge in [0.15, 0.2) is 0 Å². The third-order valence-electron chi connectivity index (χ3n) is 3.67. The van der Waals surface area contributed by atoms with Gasteiger partial charge in [-0.2, -0.15) is 0 Å². The summed E-state index contributed by atoms with van der Waals surface area (Å²) in [6.45, 7) is 3.93. The second-order valence-corrected chi connectivity index (χ2v) is 6.55. The number of nitrogens with one attached hydrogen (secondary N) is 3. The molecular weight excluding hydrogens is 322 g/mol. The molecule has 1 aromatic heterocycles. The molecule has 0 unspecified atom stereocenters. The summed E-state index contributed by atoms with van der Waals surface area (Å²) in [5.41, 5.74) is 1.08. The van der Waals surface area contributed by atoms with E-state index in [1.807, 2.05) is 61.7 Å². The number of hydrogen-bond acceptors (Lipinski definition) is 4. The minimum Gasteiger partial charge on any atom is -0.335 e. The Bertz CT molecular complexity index is 644. The second-order valence-electron chi connectivity index (χ2n) is 5.57. The Morgan fingerprint density at radius 1 is 1.12 bits per heavy atom. The molecule has 0 bridgehead atoms. The zero-order valence-electron chi connectivity index (χ0n) is 13.9. The molecule has 6 heteroatoms. The lowest BCUT2D eigenvalue weighted by atomic mass is 10.1. The van der Waals surface area contributed by atoms with Crippen molar-refractivity contribution in [3.05, 3.63) is 58.3 Å². The number of thiophene rings is 1. The van der Waals surface area contributed by atoms with Gasteiger partial charge >= 0.3 is 6.03 Å². The monoisotopic (exact) mass is 345 g/mol. The van der Waals surface area contributed by atoms with E-state index in [4.69, 9.17) is 0 Å². The molecule has 24 heavy (non-hydrogen) atoms. The Labute approximate surface area is 146 Å². The number of amides is 3. The summed E-state index contributed by atoms with van der Waals surface area (Å²) in [4.78, 5) is 24.8. The van der Waals surface area contributed by atoms with Crippen molar-refractivity contribution in [1.29, 1.82) is 0 Å². The Morgan fingerprint density at radius 2 is 1.88 bits per heavy atom. The van der Waals surface area contributed by atoms with Crippen molar-refractivity contribution in [3.63, 3.8) is 0 Å². The standard InChI is InChI=1S/C18H23N3O2S/c1-3-13(2)20-18(23)21-16(22)12-19-17(15-10-7-11-24-15)14-8-5-4-6-9-14/h4-11,13,17,19H,3,12H2,1-2H3,(H2,20,21,22,23)/t13-,17+/m1/s1. The van der Waals surface area contributed by atoms with Crippen molar-refractivity contribution in [1.82, 2.24) is 16.0 Å². The van der Waals surface area contributed by atoms with E-state index in [2.05, 4.69) is 16.0 Å². The minimum absolute atomic E-state index is 0.0361. The quantitative estimate of drug-likeness (QED) is 0.722. The van der Waals surface area contributed by atoms with E-state index in [1.54, 1.807) is 11.3 Å². The second kappa shape index (κ2) is 9.20. The van der Waals surface area contributed by atoms with Crippen LogP contribution in [0.3, 0.4) is 0 Å².